The van der Waals surface area contributed by atoms with Crippen molar-refractivity contribution in [3.05, 3.63) is 51.5 Å². The Hall–Kier alpha value is -2.42. The average Bonchev–Trinajstić information content (AvgIpc) is 2.87. The van der Waals surface area contributed by atoms with Gasteiger partial charge in [-0.1, -0.05) is 23.7 Å². The van der Waals surface area contributed by atoms with Crippen LogP contribution < -0.4 is 16.3 Å². The van der Waals surface area contributed by atoms with Gasteiger partial charge in [0.15, 0.2) is 0 Å². The number of nitrogens with one attached hydrogen (secondary N) is 1. The number of aromatic nitrogens is 3. The van der Waals surface area contributed by atoms with E-state index in [4.69, 9.17) is 20.9 Å². The molecule has 30 heavy (non-hydrogen) atoms. The second-order valence-electron chi connectivity index (χ2n) is 8.57. The van der Waals surface area contributed by atoms with Crippen molar-refractivity contribution < 1.29 is 9.31 Å². The number of pyridine rings is 1. The number of hydrogen-bond acceptors (Lipinski definition) is 6. The van der Waals surface area contributed by atoms with Crippen LogP contribution in [0.15, 0.2) is 35.3 Å². The molecule has 9 heteroatoms. The largest absolute Gasteiger partial charge is 0.496 e. The van der Waals surface area contributed by atoms with Crippen LogP contribution in [0.3, 0.4) is 0 Å². The monoisotopic (exact) mass is 426 g/mol. The third-order valence-corrected chi connectivity index (χ3v) is 6.27. The van der Waals surface area contributed by atoms with Gasteiger partial charge < -0.3 is 14.6 Å². The first-order valence-electron chi connectivity index (χ1n) is 9.75. The minimum atomic E-state index is -0.594. The van der Waals surface area contributed by atoms with Crippen molar-refractivity contribution in [2.24, 2.45) is 7.05 Å². The van der Waals surface area contributed by atoms with Gasteiger partial charge in [0.2, 0.25) is 0 Å². The van der Waals surface area contributed by atoms with Crippen molar-refractivity contribution in [3.8, 4) is 0 Å². The van der Waals surface area contributed by atoms with E-state index in [-0.39, 0.29) is 5.56 Å². The molecule has 1 N–H and O–H groups in total. The van der Waals surface area contributed by atoms with Gasteiger partial charge in [0.1, 0.15) is 5.82 Å². The molecule has 0 radical (unpaired) electrons. The topological polar surface area (TPSA) is 78.3 Å². The van der Waals surface area contributed by atoms with E-state index in [1.54, 1.807) is 13.2 Å². The van der Waals surface area contributed by atoms with Crippen LogP contribution in [-0.4, -0.2) is 33.1 Å². The summed E-state index contributed by atoms with van der Waals surface area (Å²) in [5, 5.41) is 8.96. The molecule has 4 rings (SSSR count). The van der Waals surface area contributed by atoms with Crippen LogP contribution in [0.4, 0.5) is 11.5 Å². The Bertz CT molecular complexity index is 1190. The standard InChI is InChI=1S/C21H24BClN4O3/c1-12-10-13-11-24-27(6)19(28)16(13)18(25-12)26-15-9-7-8-14(17(15)23)22-29-20(2,3)21(4,5)30-22/h7-11H,1-6H3,(H,25,26). The van der Waals surface area contributed by atoms with Crippen molar-refractivity contribution in [2.75, 3.05) is 5.32 Å². The van der Waals surface area contributed by atoms with E-state index in [0.29, 0.717) is 32.8 Å². The van der Waals surface area contributed by atoms with Crippen LogP contribution in [0.2, 0.25) is 5.02 Å². The predicted octanol–water partition coefficient (Wildman–Crippen LogP) is 3.33. The van der Waals surface area contributed by atoms with E-state index < -0.39 is 18.3 Å². The molecule has 0 unspecified atom stereocenters. The van der Waals surface area contributed by atoms with Gasteiger partial charge in [-0.25, -0.2) is 9.67 Å². The first kappa shape index (κ1) is 20.8. The second-order valence-corrected chi connectivity index (χ2v) is 8.95. The van der Waals surface area contributed by atoms with Crippen molar-refractivity contribution >= 4 is 46.5 Å². The second kappa shape index (κ2) is 7.08. The van der Waals surface area contributed by atoms with E-state index >= 15 is 0 Å². The minimum Gasteiger partial charge on any atom is -0.399 e. The molecular formula is C21H24BClN4O3. The van der Waals surface area contributed by atoms with Gasteiger partial charge in [-0.15, -0.1) is 0 Å². The molecule has 1 aliphatic heterocycles. The van der Waals surface area contributed by atoms with Gasteiger partial charge in [0.05, 0.1) is 33.5 Å². The van der Waals surface area contributed by atoms with Crippen LogP contribution in [0, 0.1) is 6.92 Å². The molecule has 0 saturated carbocycles. The molecule has 1 aromatic carbocycles. The lowest BCUT2D eigenvalue weighted by Crippen LogP contribution is -2.41. The summed E-state index contributed by atoms with van der Waals surface area (Å²) in [6, 6.07) is 7.41. The fraction of sp³-hybridized carbons (Fsp3) is 0.381. The zero-order valence-corrected chi connectivity index (χ0v) is 18.7. The number of rotatable bonds is 3. The van der Waals surface area contributed by atoms with E-state index in [1.165, 1.54) is 4.68 Å². The lowest BCUT2D eigenvalue weighted by atomic mass is 9.79. The summed E-state index contributed by atoms with van der Waals surface area (Å²) in [5.74, 6) is 0.431. The predicted molar refractivity (Wildman–Crippen MR) is 120 cm³/mol. The van der Waals surface area contributed by atoms with Gasteiger partial charge in [0, 0.05) is 23.6 Å². The van der Waals surface area contributed by atoms with Crippen LogP contribution in [0.1, 0.15) is 33.4 Å². The van der Waals surface area contributed by atoms with Gasteiger partial charge in [-0.2, -0.15) is 5.10 Å². The van der Waals surface area contributed by atoms with Gasteiger partial charge >= 0.3 is 7.12 Å². The first-order valence-corrected chi connectivity index (χ1v) is 10.1. The number of nitrogens with zero attached hydrogens (tertiary/aromatic N) is 3. The molecule has 156 valence electrons. The molecule has 0 bridgehead atoms. The lowest BCUT2D eigenvalue weighted by Gasteiger charge is -2.32. The molecule has 7 nitrogen and oxygen atoms in total. The van der Waals surface area contributed by atoms with E-state index in [9.17, 15) is 4.79 Å². The Labute approximate surface area is 180 Å². The van der Waals surface area contributed by atoms with Crippen molar-refractivity contribution in [1.29, 1.82) is 0 Å². The molecule has 0 spiro atoms. The van der Waals surface area contributed by atoms with Crippen molar-refractivity contribution in [2.45, 2.75) is 45.8 Å². The third-order valence-electron chi connectivity index (χ3n) is 5.84. The molecule has 0 atom stereocenters. The molecule has 0 aliphatic carbocycles. The highest BCUT2D eigenvalue weighted by Gasteiger charge is 2.52. The quantitative estimate of drug-likeness (QED) is 0.647. The molecule has 1 saturated heterocycles. The molecule has 0 amide bonds. The minimum absolute atomic E-state index is 0.235. The fourth-order valence-electron chi connectivity index (χ4n) is 3.40. The van der Waals surface area contributed by atoms with Gasteiger partial charge in [-0.05, 0) is 46.8 Å². The number of halogens is 1. The maximum atomic E-state index is 12.7. The van der Waals surface area contributed by atoms with E-state index in [1.807, 2.05) is 58.9 Å². The number of aryl methyl sites for hydroxylation is 2. The van der Waals surface area contributed by atoms with Crippen LogP contribution in [-0.2, 0) is 16.4 Å². The SMILES string of the molecule is Cc1cc2cnn(C)c(=O)c2c(Nc2cccc(B3OC(C)(C)C(C)(C)O3)c2Cl)n1. The molecule has 1 fully saturated rings. The average molecular weight is 427 g/mol. The number of benzene rings is 1. The highest BCUT2D eigenvalue weighted by molar-refractivity contribution is 6.66. The summed E-state index contributed by atoms with van der Waals surface area (Å²) in [7, 11) is 1.01. The van der Waals surface area contributed by atoms with Crippen molar-refractivity contribution in [3.63, 3.8) is 0 Å². The maximum Gasteiger partial charge on any atom is 0.496 e. The summed E-state index contributed by atoms with van der Waals surface area (Å²) in [5.41, 5.74) is 0.906. The highest BCUT2D eigenvalue weighted by Crippen LogP contribution is 2.37. The number of hydrogen-bond donors (Lipinski definition) is 1. The first-order chi connectivity index (χ1) is 14.0. The molecule has 3 heterocycles. The Kier molecular flexibility index (Phi) is 4.92. The normalized spacial score (nSPS) is 17.5. The summed E-state index contributed by atoms with van der Waals surface area (Å²) in [4.78, 5) is 17.2. The van der Waals surface area contributed by atoms with Crippen LogP contribution in [0.25, 0.3) is 10.8 Å². The fourth-order valence-corrected chi connectivity index (χ4v) is 3.67. The van der Waals surface area contributed by atoms with Crippen molar-refractivity contribution in [1.82, 2.24) is 14.8 Å². The van der Waals surface area contributed by atoms with E-state index in [0.717, 1.165) is 5.69 Å². The summed E-state index contributed by atoms with van der Waals surface area (Å²) < 4.78 is 13.6. The smallest absolute Gasteiger partial charge is 0.399 e. The van der Waals surface area contributed by atoms with Gasteiger partial charge in [0.25, 0.3) is 5.56 Å². The van der Waals surface area contributed by atoms with Crippen LogP contribution in [0.5, 0.6) is 0 Å². The zero-order chi connectivity index (χ0) is 21.8. The molecule has 3 aromatic rings. The van der Waals surface area contributed by atoms with E-state index in [2.05, 4.69) is 15.4 Å². The molecule has 2 aromatic heterocycles. The lowest BCUT2D eigenvalue weighted by molar-refractivity contribution is 0.00578. The zero-order valence-electron chi connectivity index (χ0n) is 17.9. The Morgan fingerprint density at radius 2 is 1.83 bits per heavy atom. The summed E-state index contributed by atoms with van der Waals surface area (Å²) in [6.45, 7) is 9.85. The number of anilines is 2. The number of fused-ring (bicyclic) bond motifs is 1. The molecule has 1 aliphatic rings. The summed E-state index contributed by atoms with van der Waals surface area (Å²) in [6.07, 6.45) is 1.65. The highest BCUT2D eigenvalue weighted by atomic mass is 35.5. The Morgan fingerprint density at radius 3 is 2.50 bits per heavy atom. The van der Waals surface area contributed by atoms with Gasteiger partial charge in [-0.3, -0.25) is 4.79 Å². The Morgan fingerprint density at radius 1 is 1.17 bits per heavy atom. The maximum absolute atomic E-state index is 12.7. The summed E-state index contributed by atoms with van der Waals surface area (Å²) >= 11 is 6.74. The van der Waals surface area contributed by atoms with Crippen LogP contribution >= 0.6 is 11.6 Å². The molecular weight excluding hydrogens is 403 g/mol. The third kappa shape index (κ3) is 3.39. The Balaban J connectivity index is 1.77.